The summed E-state index contributed by atoms with van der Waals surface area (Å²) in [7, 11) is 0. The maximum absolute atomic E-state index is 5.91. The lowest BCUT2D eigenvalue weighted by Gasteiger charge is -2.09. The monoisotopic (exact) mass is 241 g/mol. The zero-order valence-electron chi connectivity index (χ0n) is 7.87. The molecule has 0 saturated carbocycles. The molecule has 0 radical (unpaired) electrons. The van der Waals surface area contributed by atoms with Crippen LogP contribution in [0.5, 0.6) is 0 Å². The average molecular weight is 242 g/mol. The van der Waals surface area contributed by atoms with Crippen molar-refractivity contribution in [2.45, 2.75) is 12.8 Å². The summed E-state index contributed by atoms with van der Waals surface area (Å²) < 4.78 is 0. The summed E-state index contributed by atoms with van der Waals surface area (Å²) in [6.07, 6.45) is 1.52. The van der Waals surface area contributed by atoms with E-state index in [0.717, 1.165) is 24.1 Å². The van der Waals surface area contributed by atoms with Gasteiger partial charge in [0.15, 0.2) is 0 Å². The van der Waals surface area contributed by atoms with Crippen LogP contribution in [0.2, 0.25) is 10.0 Å². The summed E-state index contributed by atoms with van der Waals surface area (Å²) >= 11 is 11.7. The normalized spacial score (nSPS) is 15.9. The molecule has 1 aliphatic rings. The van der Waals surface area contributed by atoms with E-state index in [9.17, 15) is 0 Å². The van der Waals surface area contributed by atoms with Crippen molar-refractivity contribution in [2.24, 2.45) is 15.9 Å². The Kier molecular flexibility index (Phi) is 2.93. The standard InChI is InChI=1S/C10H9Cl2N3/c11-7-2-1-6(5-8(7)12)9-3-4-10(13)15-14-9/h1-2,5H,3-4H2,(H2,13,15). The van der Waals surface area contributed by atoms with Crippen molar-refractivity contribution in [2.75, 3.05) is 0 Å². The summed E-state index contributed by atoms with van der Waals surface area (Å²) in [5, 5.41) is 8.94. The van der Waals surface area contributed by atoms with Crippen LogP contribution in [0.1, 0.15) is 18.4 Å². The molecule has 0 atom stereocenters. The fourth-order valence-corrected chi connectivity index (χ4v) is 1.65. The second kappa shape index (κ2) is 4.21. The summed E-state index contributed by atoms with van der Waals surface area (Å²) in [5.74, 6) is 0.568. The van der Waals surface area contributed by atoms with Gasteiger partial charge in [0.1, 0.15) is 5.84 Å². The molecule has 2 N–H and O–H groups in total. The van der Waals surface area contributed by atoms with E-state index in [1.165, 1.54) is 0 Å². The lowest BCUT2D eigenvalue weighted by Crippen LogP contribution is -2.17. The first-order chi connectivity index (χ1) is 7.16. The number of nitrogens with two attached hydrogens (primary N) is 1. The molecule has 5 heteroatoms. The third-order valence-electron chi connectivity index (χ3n) is 2.17. The smallest absolute Gasteiger partial charge is 0.122 e. The second-order valence-corrected chi connectivity index (χ2v) is 4.08. The van der Waals surface area contributed by atoms with Crippen molar-refractivity contribution < 1.29 is 0 Å². The molecular formula is C10H9Cl2N3. The van der Waals surface area contributed by atoms with Crippen molar-refractivity contribution in [3.05, 3.63) is 33.8 Å². The molecular weight excluding hydrogens is 233 g/mol. The highest BCUT2D eigenvalue weighted by molar-refractivity contribution is 6.42. The van der Waals surface area contributed by atoms with E-state index in [1.54, 1.807) is 12.1 Å². The highest BCUT2D eigenvalue weighted by Crippen LogP contribution is 2.24. The van der Waals surface area contributed by atoms with E-state index in [1.807, 2.05) is 6.07 Å². The minimum absolute atomic E-state index is 0.527. The van der Waals surface area contributed by atoms with Crippen LogP contribution >= 0.6 is 23.2 Å². The van der Waals surface area contributed by atoms with Gasteiger partial charge in [0.2, 0.25) is 0 Å². The van der Waals surface area contributed by atoms with E-state index in [-0.39, 0.29) is 0 Å². The molecule has 0 fully saturated rings. The molecule has 15 heavy (non-hydrogen) atoms. The van der Waals surface area contributed by atoms with Gasteiger partial charge >= 0.3 is 0 Å². The Morgan fingerprint density at radius 3 is 2.47 bits per heavy atom. The van der Waals surface area contributed by atoms with Gasteiger partial charge in [-0.1, -0.05) is 29.3 Å². The number of hydrogen-bond acceptors (Lipinski definition) is 3. The maximum atomic E-state index is 5.91. The Bertz CT molecular complexity index is 452. The van der Waals surface area contributed by atoms with Crippen molar-refractivity contribution in [3.8, 4) is 0 Å². The summed E-state index contributed by atoms with van der Waals surface area (Å²) in [6, 6.07) is 5.42. The summed E-state index contributed by atoms with van der Waals surface area (Å²) in [4.78, 5) is 0. The number of amidine groups is 1. The molecule has 0 saturated heterocycles. The van der Waals surface area contributed by atoms with Crippen LogP contribution in [-0.4, -0.2) is 11.5 Å². The zero-order valence-corrected chi connectivity index (χ0v) is 9.39. The van der Waals surface area contributed by atoms with E-state index >= 15 is 0 Å². The van der Waals surface area contributed by atoms with Crippen molar-refractivity contribution in [3.63, 3.8) is 0 Å². The molecule has 1 aromatic carbocycles. The molecule has 1 aliphatic heterocycles. The molecule has 0 unspecified atom stereocenters. The molecule has 3 nitrogen and oxygen atoms in total. The maximum Gasteiger partial charge on any atom is 0.122 e. The Labute approximate surface area is 97.6 Å². The van der Waals surface area contributed by atoms with Crippen molar-refractivity contribution in [1.82, 2.24) is 0 Å². The molecule has 0 amide bonds. The fourth-order valence-electron chi connectivity index (χ4n) is 1.35. The van der Waals surface area contributed by atoms with Gasteiger partial charge in [0.05, 0.1) is 15.8 Å². The van der Waals surface area contributed by atoms with Gasteiger partial charge in [-0.15, -0.1) is 5.10 Å². The molecule has 0 bridgehead atoms. The number of hydrogen-bond donors (Lipinski definition) is 1. The number of rotatable bonds is 1. The zero-order chi connectivity index (χ0) is 10.8. The lowest BCUT2D eigenvalue weighted by atomic mass is 10.0. The number of nitrogens with zero attached hydrogens (tertiary/aromatic N) is 2. The number of halogens is 2. The molecule has 0 aromatic heterocycles. The van der Waals surface area contributed by atoms with Crippen molar-refractivity contribution in [1.29, 1.82) is 0 Å². The SMILES string of the molecule is NC1=NN=C(c2ccc(Cl)c(Cl)c2)CC1. The molecule has 0 spiro atoms. The van der Waals surface area contributed by atoms with Gasteiger partial charge in [-0.25, -0.2) is 0 Å². The van der Waals surface area contributed by atoms with Gasteiger partial charge in [0, 0.05) is 6.42 Å². The van der Waals surface area contributed by atoms with Crippen LogP contribution in [0.4, 0.5) is 0 Å². The molecule has 1 aromatic rings. The summed E-state index contributed by atoms with van der Waals surface area (Å²) in [6.45, 7) is 0. The van der Waals surface area contributed by atoms with Crippen molar-refractivity contribution >= 4 is 34.7 Å². The first-order valence-electron chi connectivity index (χ1n) is 4.51. The van der Waals surface area contributed by atoms with Crippen LogP contribution in [0.15, 0.2) is 28.4 Å². The first kappa shape index (κ1) is 10.5. The molecule has 0 aliphatic carbocycles. The van der Waals surface area contributed by atoms with Crippen LogP contribution in [0.3, 0.4) is 0 Å². The minimum atomic E-state index is 0.527. The minimum Gasteiger partial charge on any atom is -0.386 e. The largest absolute Gasteiger partial charge is 0.386 e. The predicted molar refractivity (Wildman–Crippen MR) is 63.9 cm³/mol. The third-order valence-corrected chi connectivity index (χ3v) is 2.91. The van der Waals surface area contributed by atoms with E-state index < -0.39 is 0 Å². The van der Waals surface area contributed by atoms with Crippen LogP contribution in [0, 0.1) is 0 Å². The fraction of sp³-hybridized carbons (Fsp3) is 0.200. The van der Waals surface area contributed by atoms with E-state index in [0.29, 0.717) is 15.9 Å². The van der Waals surface area contributed by atoms with Gasteiger partial charge < -0.3 is 5.73 Å². The Balaban J connectivity index is 2.35. The second-order valence-electron chi connectivity index (χ2n) is 3.27. The lowest BCUT2D eigenvalue weighted by molar-refractivity contribution is 1.02. The molecule has 2 rings (SSSR count). The molecule has 1 heterocycles. The Hall–Kier alpha value is -1.06. The number of benzene rings is 1. The van der Waals surface area contributed by atoms with Crippen LogP contribution in [0.25, 0.3) is 0 Å². The first-order valence-corrected chi connectivity index (χ1v) is 5.26. The van der Waals surface area contributed by atoms with Gasteiger partial charge in [0.25, 0.3) is 0 Å². The topological polar surface area (TPSA) is 50.7 Å². The van der Waals surface area contributed by atoms with Crippen LogP contribution < -0.4 is 5.73 Å². The van der Waals surface area contributed by atoms with Gasteiger partial charge in [-0.3, -0.25) is 0 Å². The van der Waals surface area contributed by atoms with Gasteiger partial charge in [-0.2, -0.15) is 5.10 Å². The average Bonchev–Trinajstić information content (AvgIpc) is 2.23. The van der Waals surface area contributed by atoms with Crippen LogP contribution in [-0.2, 0) is 0 Å². The Morgan fingerprint density at radius 2 is 1.87 bits per heavy atom. The Morgan fingerprint density at radius 1 is 1.07 bits per heavy atom. The predicted octanol–water partition coefficient (Wildman–Crippen LogP) is 2.85. The highest BCUT2D eigenvalue weighted by atomic mass is 35.5. The van der Waals surface area contributed by atoms with Gasteiger partial charge in [-0.05, 0) is 24.1 Å². The van der Waals surface area contributed by atoms with E-state index in [2.05, 4.69) is 10.2 Å². The summed E-state index contributed by atoms with van der Waals surface area (Å²) in [5.41, 5.74) is 7.36. The molecule has 78 valence electrons. The highest BCUT2D eigenvalue weighted by Gasteiger charge is 2.10. The third kappa shape index (κ3) is 2.30. The van der Waals surface area contributed by atoms with E-state index in [4.69, 9.17) is 28.9 Å². The quantitative estimate of drug-likeness (QED) is 0.808.